The molecule has 0 N–H and O–H groups in total. The normalized spacial score (nSPS) is 16.3. The first-order chi connectivity index (χ1) is 16.2. The van der Waals surface area contributed by atoms with Crippen LogP contribution in [0.1, 0.15) is 76.0 Å². The molecule has 1 nitrogen and oxygen atoms in total. The summed E-state index contributed by atoms with van der Waals surface area (Å²) in [5.41, 5.74) is 9.43. The van der Waals surface area contributed by atoms with Gasteiger partial charge in [-0.3, -0.25) is 4.98 Å². The third kappa shape index (κ3) is 5.60. The zero-order chi connectivity index (χ0) is 25.0. The van der Waals surface area contributed by atoms with Gasteiger partial charge in [-0.2, -0.15) is 0 Å². The predicted molar refractivity (Wildman–Crippen MR) is 144 cm³/mol. The molecule has 0 amide bonds. The van der Waals surface area contributed by atoms with Crippen molar-refractivity contribution in [3.63, 3.8) is 0 Å². The third-order valence-corrected chi connectivity index (χ3v) is 7.65. The number of fused-ring (bicyclic) bond motifs is 1. The lowest BCUT2D eigenvalue weighted by Crippen LogP contribution is -2.03. The maximum Gasteiger partial charge on any atom is 0.131 e. The lowest BCUT2D eigenvalue weighted by molar-refractivity contribution is 0.584. The third-order valence-electron chi connectivity index (χ3n) is 6.44. The van der Waals surface area contributed by atoms with E-state index in [4.69, 9.17) is 4.98 Å². The molecule has 0 aliphatic carbocycles. The number of rotatable bonds is 5. The number of halogens is 2. The molecule has 1 aliphatic rings. The van der Waals surface area contributed by atoms with Gasteiger partial charge in [0, 0.05) is 27.6 Å². The fraction of sp³-hybridized carbons (Fsp3) is 0.367. The van der Waals surface area contributed by atoms with Crippen LogP contribution in [0.3, 0.4) is 0 Å². The fourth-order valence-corrected chi connectivity index (χ4v) is 5.63. The van der Waals surface area contributed by atoms with Crippen molar-refractivity contribution in [1.82, 2.24) is 4.98 Å². The molecule has 0 bridgehead atoms. The van der Waals surface area contributed by atoms with E-state index >= 15 is 4.39 Å². The molecular formula is C30H35F2NS. The Morgan fingerprint density at radius 3 is 2.38 bits per heavy atom. The first-order valence-corrected chi connectivity index (χ1v) is 12.9. The van der Waals surface area contributed by atoms with Crippen LogP contribution in [0.2, 0.25) is 0 Å². The van der Waals surface area contributed by atoms with Crippen molar-refractivity contribution in [2.45, 2.75) is 67.7 Å². The van der Waals surface area contributed by atoms with Crippen molar-refractivity contribution in [2.24, 2.45) is 0 Å². The number of benzene rings is 1. The van der Waals surface area contributed by atoms with E-state index in [0.717, 1.165) is 51.4 Å². The molecule has 1 aromatic carbocycles. The minimum absolute atomic E-state index is 0.326. The van der Waals surface area contributed by atoms with Gasteiger partial charge in [0.15, 0.2) is 0 Å². The Morgan fingerprint density at radius 1 is 1.06 bits per heavy atom. The number of allylic oxidation sites excluding steroid dienone is 6. The average molecular weight is 480 g/mol. The van der Waals surface area contributed by atoms with Gasteiger partial charge >= 0.3 is 0 Å². The molecule has 1 aromatic heterocycles. The summed E-state index contributed by atoms with van der Waals surface area (Å²) in [6.45, 7) is 14.4. The topological polar surface area (TPSA) is 12.9 Å². The summed E-state index contributed by atoms with van der Waals surface area (Å²) in [6.07, 6.45) is 6.54. The Morgan fingerprint density at radius 2 is 1.76 bits per heavy atom. The van der Waals surface area contributed by atoms with Crippen molar-refractivity contribution in [3.05, 3.63) is 97.3 Å². The number of aryl methyl sites for hydroxylation is 2. The highest BCUT2D eigenvalue weighted by atomic mass is 32.2. The van der Waals surface area contributed by atoms with E-state index < -0.39 is 0 Å². The molecule has 0 saturated carbocycles. The Hall–Kier alpha value is -2.46. The molecular weight excluding hydrogens is 444 g/mol. The van der Waals surface area contributed by atoms with Crippen molar-refractivity contribution in [1.29, 1.82) is 0 Å². The number of hydrogen-bond donors (Lipinski definition) is 0. The van der Waals surface area contributed by atoms with E-state index in [1.165, 1.54) is 23.3 Å². The second-order valence-electron chi connectivity index (χ2n) is 9.12. The van der Waals surface area contributed by atoms with Crippen LogP contribution in [-0.2, 0) is 12.8 Å². The smallest absolute Gasteiger partial charge is 0.131 e. The molecule has 180 valence electrons. The van der Waals surface area contributed by atoms with Crippen molar-refractivity contribution in [3.8, 4) is 0 Å². The first-order valence-electron chi connectivity index (χ1n) is 12.0. The van der Waals surface area contributed by atoms with Crippen LogP contribution in [0.25, 0.3) is 11.6 Å². The summed E-state index contributed by atoms with van der Waals surface area (Å²) in [5.74, 6) is 0.0250. The van der Waals surface area contributed by atoms with Gasteiger partial charge in [-0.1, -0.05) is 30.2 Å². The quantitative estimate of drug-likeness (QED) is 0.397. The highest BCUT2D eigenvalue weighted by Gasteiger charge is 2.26. The minimum atomic E-state index is -0.356. The van der Waals surface area contributed by atoms with E-state index in [-0.39, 0.29) is 11.6 Å². The molecule has 0 unspecified atom stereocenters. The standard InChI is InChI=1S/C30H35F2NS/c1-8-19(5)16-23(17-22-10-11-24(9-2)33-21(22)7)20(6)30-28(18(3)4)29-25(14-15-34-30)26(31)12-13-27(29)32/h8,10-13,17H,9,14-16H2,1-7H3/b19-8-,23-17+,30-20+. The Bertz CT molecular complexity index is 1210. The molecule has 0 radical (unpaired) electrons. The van der Waals surface area contributed by atoms with Crippen LogP contribution in [0, 0.1) is 18.6 Å². The highest BCUT2D eigenvalue weighted by Crippen LogP contribution is 2.45. The number of hydrogen-bond acceptors (Lipinski definition) is 2. The first kappa shape index (κ1) is 26.2. The second-order valence-corrected chi connectivity index (χ2v) is 10.2. The largest absolute Gasteiger partial charge is 0.258 e. The maximum absolute atomic E-state index is 15.2. The molecule has 0 spiro atoms. The zero-order valence-electron chi connectivity index (χ0n) is 21.4. The van der Waals surface area contributed by atoms with Gasteiger partial charge in [0.1, 0.15) is 11.6 Å². The number of thioether (sulfide) groups is 1. The number of pyridine rings is 1. The van der Waals surface area contributed by atoms with Gasteiger partial charge in [0.2, 0.25) is 0 Å². The van der Waals surface area contributed by atoms with Crippen molar-refractivity contribution >= 4 is 23.4 Å². The Kier molecular flexibility index (Phi) is 8.70. The van der Waals surface area contributed by atoms with E-state index in [2.05, 4.69) is 52.0 Å². The molecule has 34 heavy (non-hydrogen) atoms. The summed E-state index contributed by atoms with van der Waals surface area (Å²) in [6, 6.07) is 6.72. The lowest BCUT2D eigenvalue weighted by Gasteiger charge is -2.20. The molecule has 2 heterocycles. The molecule has 1 aliphatic heterocycles. The molecule has 3 rings (SSSR count). The van der Waals surface area contributed by atoms with Crippen LogP contribution in [0.4, 0.5) is 8.78 Å². The van der Waals surface area contributed by atoms with Gasteiger partial charge in [0.25, 0.3) is 0 Å². The van der Waals surface area contributed by atoms with E-state index in [9.17, 15) is 4.39 Å². The lowest BCUT2D eigenvalue weighted by atomic mass is 9.89. The minimum Gasteiger partial charge on any atom is -0.258 e. The van der Waals surface area contributed by atoms with Gasteiger partial charge in [-0.05, 0) is 113 Å². The van der Waals surface area contributed by atoms with Crippen molar-refractivity contribution in [2.75, 3.05) is 5.75 Å². The Labute approximate surface area is 207 Å². The molecule has 0 fully saturated rings. The van der Waals surface area contributed by atoms with E-state index in [0.29, 0.717) is 23.3 Å². The van der Waals surface area contributed by atoms with Crippen LogP contribution >= 0.6 is 11.8 Å². The summed E-state index contributed by atoms with van der Waals surface area (Å²) in [4.78, 5) is 5.78. The van der Waals surface area contributed by atoms with E-state index in [1.807, 2.05) is 20.8 Å². The van der Waals surface area contributed by atoms with Gasteiger partial charge in [-0.15, -0.1) is 11.8 Å². The monoisotopic (exact) mass is 479 g/mol. The average Bonchev–Trinajstić information content (AvgIpc) is 3.02. The Balaban J connectivity index is 2.27. The SMILES string of the molecule is C/C=C(/C)CC(=C\c1ccc(CC)nc1C)/C(C)=C1/SCCc2c(F)ccc(F)c2C1=C(C)C. The van der Waals surface area contributed by atoms with Crippen LogP contribution < -0.4 is 0 Å². The summed E-state index contributed by atoms with van der Waals surface area (Å²) in [7, 11) is 0. The second kappa shape index (κ2) is 11.3. The fourth-order valence-electron chi connectivity index (χ4n) is 4.32. The van der Waals surface area contributed by atoms with Crippen LogP contribution in [0.15, 0.2) is 57.5 Å². The van der Waals surface area contributed by atoms with Gasteiger partial charge in [0.05, 0.1) is 0 Å². The number of aromatic nitrogens is 1. The summed E-state index contributed by atoms with van der Waals surface area (Å²) < 4.78 is 29.9. The zero-order valence-corrected chi connectivity index (χ0v) is 22.2. The van der Waals surface area contributed by atoms with Crippen molar-refractivity contribution < 1.29 is 8.78 Å². The predicted octanol–water partition coefficient (Wildman–Crippen LogP) is 9.03. The maximum atomic E-state index is 15.2. The molecule has 0 saturated heterocycles. The molecule has 0 atom stereocenters. The highest BCUT2D eigenvalue weighted by molar-refractivity contribution is 8.03. The number of nitrogens with zero attached hydrogens (tertiary/aromatic N) is 1. The van der Waals surface area contributed by atoms with Crippen LogP contribution in [0.5, 0.6) is 0 Å². The van der Waals surface area contributed by atoms with Crippen LogP contribution in [-0.4, -0.2) is 10.7 Å². The summed E-state index contributed by atoms with van der Waals surface area (Å²) in [5, 5.41) is 0. The molecule has 2 aromatic rings. The molecule has 4 heteroatoms. The summed E-state index contributed by atoms with van der Waals surface area (Å²) >= 11 is 1.70. The van der Waals surface area contributed by atoms with Gasteiger partial charge in [-0.25, -0.2) is 8.78 Å². The van der Waals surface area contributed by atoms with Gasteiger partial charge < -0.3 is 0 Å². The van der Waals surface area contributed by atoms with E-state index in [1.54, 1.807) is 11.8 Å².